The van der Waals surface area contributed by atoms with Gasteiger partial charge in [-0.2, -0.15) is 0 Å². The maximum atomic E-state index is 12.4. The molecule has 28 heavy (non-hydrogen) atoms. The summed E-state index contributed by atoms with van der Waals surface area (Å²) in [5.74, 6) is 0.0880. The van der Waals surface area contributed by atoms with Crippen LogP contribution in [0.5, 0.6) is 0 Å². The molecule has 0 unspecified atom stereocenters. The molecule has 2 rings (SSSR count). The van der Waals surface area contributed by atoms with Gasteiger partial charge in [0.2, 0.25) is 5.91 Å². The molecular weight excluding hydrogens is 344 g/mol. The molecule has 0 fully saturated rings. The highest BCUT2D eigenvalue weighted by molar-refractivity contribution is 5.79. The highest BCUT2D eigenvalue weighted by Gasteiger charge is 2.10. The van der Waals surface area contributed by atoms with Gasteiger partial charge in [0.15, 0.2) is 0 Å². The Labute approximate surface area is 171 Å². The summed E-state index contributed by atoms with van der Waals surface area (Å²) in [5.41, 5.74) is 3.58. The van der Waals surface area contributed by atoms with E-state index in [9.17, 15) is 4.79 Å². The number of hydrogen-bond acceptors (Lipinski definition) is 2. The van der Waals surface area contributed by atoms with Crippen LogP contribution in [-0.2, 0) is 17.6 Å². The number of rotatable bonds is 12. The van der Waals surface area contributed by atoms with Crippen molar-refractivity contribution in [2.24, 2.45) is 0 Å². The lowest BCUT2D eigenvalue weighted by molar-refractivity contribution is -0.121. The fraction of sp³-hybridized carbons (Fsp3) is 0.480. The lowest BCUT2D eigenvalue weighted by Crippen LogP contribution is -2.35. The number of unbranched alkanes of at least 4 members (excludes halogenated alkanes) is 2. The average Bonchev–Trinajstić information content (AvgIpc) is 2.69. The fourth-order valence-corrected chi connectivity index (χ4v) is 3.42. The highest BCUT2D eigenvalue weighted by Crippen LogP contribution is 2.17. The number of benzene rings is 2. The number of carbonyl (C=O) groups is 1. The third-order valence-electron chi connectivity index (χ3n) is 5.02. The van der Waals surface area contributed by atoms with Crippen molar-refractivity contribution < 1.29 is 4.79 Å². The molecule has 0 aliphatic carbocycles. The van der Waals surface area contributed by atoms with Gasteiger partial charge >= 0.3 is 0 Å². The Morgan fingerprint density at radius 2 is 1.50 bits per heavy atom. The second kappa shape index (κ2) is 12.2. The normalized spacial score (nSPS) is 11.8. The minimum absolute atomic E-state index is 0.0880. The van der Waals surface area contributed by atoms with Gasteiger partial charge < -0.3 is 10.2 Å². The second-order valence-corrected chi connectivity index (χ2v) is 7.70. The van der Waals surface area contributed by atoms with Crippen molar-refractivity contribution in [1.29, 1.82) is 0 Å². The minimum Gasteiger partial charge on any atom is -0.372 e. The quantitative estimate of drug-likeness (QED) is 0.536. The molecule has 2 aromatic carbocycles. The molecule has 3 heteroatoms. The van der Waals surface area contributed by atoms with E-state index in [1.165, 1.54) is 36.9 Å². The Hall–Kier alpha value is -2.29. The molecule has 0 spiro atoms. The monoisotopic (exact) mass is 380 g/mol. The van der Waals surface area contributed by atoms with Crippen LogP contribution in [0.1, 0.15) is 57.6 Å². The van der Waals surface area contributed by atoms with Crippen LogP contribution in [0.15, 0.2) is 54.6 Å². The summed E-state index contributed by atoms with van der Waals surface area (Å²) in [7, 11) is 0. The molecule has 0 saturated carbocycles. The van der Waals surface area contributed by atoms with Crippen LogP contribution < -0.4 is 10.2 Å². The van der Waals surface area contributed by atoms with Crippen LogP contribution in [0.25, 0.3) is 0 Å². The van der Waals surface area contributed by atoms with E-state index in [2.05, 4.69) is 67.4 Å². The van der Waals surface area contributed by atoms with E-state index < -0.39 is 0 Å². The standard InChI is InChI=1S/C25H36N2O/c1-4-6-17-27(18-7-5-2)24-15-13-23(14-16-24)20-25(28)26-21(3)19-22-11-9-8-10-12-22/h8-16,21H,4-7,17-20H2,1-3H3,(H,26,28)/t21-/m0/s1. The number of amides is 1. The van der Waals surface area contributed by atoms with E-state index in [0.717, 1.165) is 25.1 Å². The number of hydrogen-bond donors (Lipinski definition) is 1. The minimum atomic E-state index is 0.0880. The summed E-state index contributed by atoms with van der Waals surface area (Å²) in [6, 6.07) is 19.0. The topological polar surface area (TPSA) is 32.3 Å². The third kappa shape index (κ3) is 7.75. The molecule has 152 valence electrons. The summed E-state index contributed by atoms with van der Waals surface area (Å²) in [6.45, 7) is 8.74. The van der Waals surface area contributed by atoms with Gasteiger partial charge in [-0.25, -0.2) is 0 Å². The van der Waals surface area contributed by atoms with Crippen molar-refractivity contribution in [3.05, 3.63) is 65.7 Å². The largest absolute Gasteiger partial charge is 0.372 e. The molecule has 0 aliphatic rings. The first kappa shape index (κ1) is 22.0. The third-order valence-corrected chi connectivity index (χ3v) is 5.02. The van der Waals surface area contributed by atoms with Gasteiger partial charge in [-0.15, -0.1) is 0 Å². The molecule has 0 radical (unpaired) electrons. The molecule has 1 amide bonds. The lowest BCUT2D eigenvalue weighted by Gasteiger charge is -2.25. The fourth-order valence-electron chi connectivity index (χ4n) is 3.42. The van der Waals surface area contributed by atoms with Gasteiger partial charge in [0.05, 0.1) is 6.42 Å². The molecule has 0 bridgehead atoms. The molecule has 0 saturated heterocycles. The summed E-state index contributed by atoms with van der Waals surface area (Å²) in [5, 5.41) is 3.12. The number of anilines is 1. The SMILES string of the molecule is CCCCN(CCCC)c1ccc(CC(=O)N[C@@H](C)Cc2ccccc2)cc1. The second-order valence-electron chi connectivity index (χ2n) is 7.70. The van der Waals surface area contributed by atoms with Gasteiger partial charge in [0, 0.05) is 24.8 Å². The van der Waals surface area contributed by atoms with Crippen molar-refractivity contribution in [1.82, 2.24) is 5.32 Å². The average molecular weight is 381 g/mol. The summed E-state index contributed by atoms with van der Waals surface area (Å²) in [4.78, 5) is 14.9. The van der Waals surface area contributed by atoms with E-state index in [1.54, 1.807) is 0 Å². The summed E-state index contributed by atoms with van der Waals surface area (Å²) in [6.07, 6.45) is 6.14. The molecule has 0 aliphatic heterocycles. The maximum absolute atomic E-state index is 12.4. The van der Waals surface area contributed by atoms with Crippen molar-refractivity contribution in [3.63, 3.8) is 0 Å². The van der Waals surface area contributed by atoms with Crippen molar-refractivity contribution in [2.45, 2.75) is 65.3 Å². The predicted octanol–water partition coefficient (Wildman–Crippen LogP) is 5.38. The first-order chi connectivity index (χ1) is 13.6. The number of nitrogens with zero attached hydrogens (tertiary/aromatic N) is 1. The zero-order valence-corrected chi connectivity index (χ0v) is 17.8. The van der Waals surface area contributed by atoms with Gasteiger partial charge in [-0.3, -0.25) is 4.79 Å². The summed E-state index contributed by atoms with van der Waals surface area (Å²) < 4.78 is 0. The highest BCUT2D eigenvalue weighted by atomic mass is 16.1. The smallest absolute Gasteiger partial charge is 0.224 e. The lowest BCUT2D eigenvalue weighted by atomic mass is 10.1. The van der Waals surface area contributed by atoms with Crippen molar-refractivity contribution >= 4 is 11.6 Å². The molecule has 0 heterocycles. The van der Waals surface area contributed by atoms with Crippen LogP contribution in [0.3, 0.4) is 0 Å². The molecule has 1 atom stereocenters. The van der Waals surface area contributed by atoms with Crippen LogP contribution in [0, 0.1) is 0 Å². The van der Waals surface area contributed by atoms with E-state index >= 15 is 0 Å². The Bertz CT molecular complexity index is 673. The first-order valence-electron chi connectivity index (χ1n) is 10.8. The Morgan fingerprint density at radius 3 is 2.07 bits per heavy atom. The van der Waals surface area contributed by atoms with E-state index in [1.807, 2.05) is 18.2 Å². The summed E-state index contributed by atoms with van der Waals surface area (Å²) >= 11 is 0. The molecule has 0 aromatic heterocycles. The molecule has 2 aromatic rings. The van der Waals surface area contributed by atoms with E-state index in [4.69, 9.17) is 0 Å². The zero-order chi connectivity index (χ0) is 20.2. The van der Waals surface area contributed by atoms with Crippen LogP contribution in [0.4, 0.5) is 5.69 Å². The van der Waals surface area contributed by atoms with Gasteiger partial charge in [0.1, 0.15) is 0 Å². The molecule has 3 nitrogen and oxygen atoms in total. The Balaban J connectivity index is 1.86. The zero-order valence-electron chi connectivity index (χ0n) is 17.8. The van der Waals surface area contributed by atoms with E-state index in [0.29, 0.717) is 6.42 Å². The van der Waals surface area contributed by atoms with Crippen LogP contribution in [-0.4, -0.2) is 25.0 Å². The van der Waals surface area contributed by atoms with Gasteiger partial charge in [0.25, 0.3) is 0 Å². The van der Waals surface area contributed by atoms with E-state index in [-0.39, 0.29) is 11.9 Å². The van der Waals surface area contributed by atoms with Gasteiger partial charge in [-0.05, 0) is 49.4 Å². The Kier molecular flexibility index (Phi) is 9.61. The number of nitrogens with one attached hydrogen (secondary N) is 1. The van der Waals surface area contributed by atoms with Crippen molar-refractivity contribution in [3.8, 4) is 0 Å². The molecular formula is C25H36N2O. The van der Waals surface area contributed by atoms with Crippen LogP contribution in [0.2, 0.25) is 0 Å². The first-order valence-corrected chi connectivity index (χ1v) is 10.8. The van der Waals surface area contributed by atoms with Gasteiger partial charge in [-0.1, -0.05) is 69.2 Å². The maximum Gasteiger partial charge on any atom is 0.224 e. The Morgan fingerprint density at radius 1 is 0.893 bits per heavy atom. The number of carbonyl (C=O) groups excluding carboxylic acids is 1. The van der Waals surface area contributed by atoms with Crippen molar-refractivity contribution in [2.75, 3.05) is 18.0 Å². The molecule has 1 N–H and O–H groups in total. The predicted molar refractivity (Wildman–Crippen MR) is 120 cm³/mol. The van der Waals surface area contributed by atoms with Crippen LogP contribution >= 0.6 is 0 Å².